The van der Waals surface area contributed by atoms with Gasteiger partial charge in [0.05, 0.1) is 17.2 Å². The lowest BCUT2D eigenvalue weighted by Gasteiger charge is -1.98. The van der Waals surface area contributed by atoms with Crippen LogP contribution in [0.5, 0.6) is 0 Å². The Hall–Kier alpha value is -1.41. The molecule has 0 heterocycles. The second-order valence-electron chi connectivity index (χ2n) is 4.03. The Balaban J connectivity index is 2.31. The molecule has 1 aromatic carbocycles. The number of hydrogen-bond acceptors (Lipinski definition) is 3. The molecule has 3 nitrogen and oxygen atoms in total. The van der Waals surface area contributed by atoms with Gasteiger partial charge in [0.2, 0.25) is 0 Å². The Bertz CT molecular complexity index is 544. The molecule has 1 saturated carbocycles. The summed E-state index contributed by atoms with van der Waals surface area (Å²) >= 11 is 0. The largest absolute Gasteiger partial charge is 0.229 e. The summed E-state index contributed by atoms with van der Waals surface area (Å²) in [5.74, 6) is -1.17. The van der Waals surface area contributed by atoms with Gasteiger partial charge in [-0.05, 0) is 17.7 Å². The first-order valence-corrected chi connectivity index (χ1v) is 6.74. The number of nitriles is 1. The van der Waals surface area contributed by atoms with Crippen molar-refractivity contribution in [3.63, 3.8) is 0 Å². The minimum Gasteiger partial charge on any atom is -0.229 e. The van der Waals surface area contributed by atoms with Gasteiger partial charge in [0.1, 0.15) is 5.82 Å². The van der Waals surface area contributed by atoms with E-state index in [9.17, 15) is 12.8 Å². The van der Waals surface area contributed by atoms with E-state index in [1.165, 1.54) is 24.3 Å². The van der Waals surface area contributed by atoms with Gasteiger partial charge in [-0.2, -0.15) is 5.26 Å². The monoisotopic (exact) mass is 239 g/mol. The van der Waals surface area contributed by atoms with E-state index < -0.39 is 21.0 Å². The average Bonchev–Trinajstić information content (AvgIpc) is 2.92. The van der Waals surface area contributed by atoms with Gasteiger partial charge in [-0.15, -0.1) is 0 Å². The van der Waals surface area contributed by atoms with Crippen molar-refractivity contribution >= 4 is 9.84 Å². The van der Waals surface area contributed by atoms with Crippen molar-refractivity contribution < 1.29 is 12.8 Å². The summed E-state index contributed by atoms with van der Waals surface area (Å²) in [6.45, 7) is 0. The van der Waals surface area contributed by atoms with Gasteiger partial charge in [-0.1, -0.05) is 12.1 Å². The van der Waals surface area contributed by atoms with E-state index in [0.29, 0.717) is 5.56 Å². The third-order valence-electron chi connectivity index (χ3n) is 2.85. The van der Waals surface area contributed by atoms with Crippen LogP contribution in [-0.2, 0) is 9.84 Å². The Morgan fingerprint density at radius 1 is 1.31 bits per heavy atom. The van der Waals surface area contributed by atoms with Crippen LogP contribution in [0.2, 0.25) is 0 Å². The maximum absolute atomic E-state index is 12.7. The average molecular weight is 239 g/mol. The first-order chi connectivity index (χ1) is 7.45. The predicted molar refractivity (Wildman–Crippen MR) is 56.9 cm³/mol. The topological polar surface area (TPSA) is 57.9 Å². The third kappa shape index (κ3) is 1.81. The zero-order valence-electron chi connectivity index (χ0n) is 8.59. The summed E-state index contributed by atoms with van der Waals surface area (Å²) in [5, 5.41) is 8.20. The van der Waals surface area contributed by atoms with Gasteiger partial charge in [0, 0.05) is 12.2 Å². The first-order valence-electron chi connectivity index (χ1n) is 4.79. The highest BCUT2D eigenvalue weighted by Crippen LogP contribution is 2.51. The quantitative estimate of drug-likeness (QED) is 0.785. The Morgan fingerprint density at radius 3 is 2.25 bits per heavy atom. The summed E-state index contributed by atoms with van der Waals surface area (Å²) in [4.78, 5) is 0. The van der Waals surface area contributed by atoms with E-state index in [1.807, 2.05) is 6.07 Å². The molecule has 0 amide bonds. The van der Waals surface area contributed by atoms with Crippen LogP contribution in [0.3, 0.4) is 0 Å². The summed E-state index contributed by atoms with van der Waals surface area (Å²) < 4.78 is 35.5. The molecule has 1 aliphatic carbocycles. The van der Waals surface area contributed by atoms with E-state index in [2.05, 4.69) is 0 Å². The second-order valence-corrected chi connectivity index (χ2v) is 6.23. The Morgan fingerprint density at radius 2 is 1.88 bits per heavy atom. The summed E-state index contributed by atoms with van der Waals surface area (Å²) in [5.41, 5.74) is 0.711. The van der Waals surface area contributed by atoms with Gasteiger partial charge in [0.15, 0.2) is 9.84 Å². The molecule has 0 radical (unpaired) electrons. The van der Waals surface area contributed by atoms with E-state index in [0.717, 1.165) is 6.26 Å². The molecule has 0 spiro atoms. The van der Waals surface area contributed by atoms with Crippen LogP contribution in [0.25, 0.3) is 0 Å². The smallest absolute Gasteiger partial charge is 0.152 e. The fourth-order valence-corrected chi connectivity index (χ4v) is 3.58. The molecule has 1 aromatic rings. The van der Waals surface area contributed by atoms with Crippen LogP contribution < -0.4 is 0 Å². The van der Waals surface area contributed by atoms with E-state index in [-0.39, 0.29) is 11.7 Å². The highest BCUT2D eigenvalue weighted by atomic mass is 32.2. The molecule has 0 bridgehead atoms. The highest BCUT2D eigenvalue weighted by molar-refractivity contribution is 7.91. The molecule has 0 saturated heterocycles. The van der Waals surface area contributed by atoms with E-state index in [4.69, 9.17) is 5.26 Å². The number of halogens is 1. The highest BCUT2D eigenvalue weighted by Gasteiger charge is 2.57. The summed E-state index contributed by atoms with van der Waals surface area (Å²) in [7, 11) is -3.21. The number of nitrogens with zero attached hydrogens (tertiary/aromatic N) is 1. The lowest BCUT2D eigenvalue weighted by atomic mass is 10.1. The minimum atomic E-state index is -3.21. The third-order valence-corrected chi connectivity index (χ3v) is 4.43. The Labute approximate surface area is 93.4 Å². The molecule has 5 heteroatoms. The van der Waals surface area contributed by atoms with Gasteiger partial charge in [-0.25, -0.2) is 12.8 Å². The molecule has 0 N–H and O–H groups in total. The number of hydrogen-bond donors (Lipinski definition) is 0. The van der Waals surface area contributed by atoms with Gasteiger partial charge in [0.25, 0.3) is 0 Å². The standard InChI is InChI=1S/C11H10FNO2S/c1-16(14,15)11-9(6-13)10(11)7-2-4-8(12)5-3-7/h2-5,9-11H,1H3/t9-,10-,11+/m0/s1. The molecule has 84 valence electrons. The summed E-state index contributed by atoms with van der Waals surface area (Å²) in [6.07, 6.45) is 1.13. The molecular weight excluding hydrogens is 229 g/mol. The molecule has 0 unspecified atom stereocenters. The van der Waals surface area contributed by atoms with Crippen LogP contribution in [0.15, 0.2) is 24.3 Å². The van der Waals surface area contributed by atoms with Crippen LogP contribution in [-0.4, -0.2) is 19.9 Å². The zero-order valence-corrected chi connectivity index (χ0v) is 9.41. The maximum atomic E-state index is 12.7. The van der Waals surface area contributed by atoms with E-state index >= 15 is 0 Å². The van der Waals surface area contributed by atoms with Crippen LogP contribution in [0.4, 0.5) is 4.39 Å². The fourth-order valence-electron chi connectivity index (χ4n) is 2.05. The lowest BCUT2D eigenvalue weighted by molar-refractivity contribution is 0.599. The van der Waals surface area contributed by atoms with Crippen molar-refractivity contribution in [1.29, 1.82) is 5.26 Å². The van der Waals surface area contributed by atoms with Crippen molar-refractivity contribution in [3.05, 3.63) is 35.6 Å². The van der Waals surface area contributed by atoms with Crippen LogP contribution in [0, 0.1) is 23.1 Å². The summed E-state index contributed by atoms with van der Waals surface area (Å²) in [6, 6.07) is 7.62. The normalized spacial score (nSPS) is 28.4. The molecule has 2 rings (SSSR count). The van der Waals surface area contributed by atoms with Gasteiger partial charge < -0.3 is 0 Å². The van der Waals surface area contributed by atoms with Crippen molar-refractivity contribution in [2.75, 3.05) is 6.26 Å². The molecule has 1 fully saturated rings. The van der Waals surface area contributed by atoms with Gasteiger partial charge in [-0.3, -0.25) is 0 Å². The molecule has 3 atom stereocenters. The van der Waals surface area contributed by atoms with Gasteiger partial charge >= 0.3 is 0 Å². The van der Waals surface area contributed by atoms with Crippen molar-refractivity contribution in [3.8, 4) is 6.07 Å². The van der Waals surface area contributed by atoms with E-state index in [1.54, 1.807) is 0 Å². The number of sulfone groups is 1. The maximum Gasteiger partial charge on any atom is 0.152 e. The molecule has 16 heavy (non-hydrogen) atoms. The minimum absolute atomic E-state index is 0.305. The number of benzene rings is 1. The molecular formula is C11H10FNO2S. The second kappa shape index (κ2) is 3.56. The van der Waals surface area contributed by atoms with Crippen LogP contribution in [0.1, 0.15) is 11.5 Å². The van der Waals surface area contributed by atoms with Crippen LogP contribution >= 0.6 is 0 Å². The van der Waals surface area contributed by atoms with Crippen molar-refractivity contribution in [2.45, 2.75) is 11.2 Å². The SMILES string of the molecule is CS(=O)(=O)[C@@H]1[C@@H](C#N)[C@@H]1c1ccc(F)cc1. The zero-order chi connectivity index (χ0) is 11.9. The molecule has 1 aliphatic rings. The van der Waals surface area contributed by atoms with Crippen molar-refractivity contribution in [1.82, 2.24) is 0 Å². The first kappa shape index (κ1) is 11.1. The number of rotatable bonds is 2. The molecule has 0 aliphatic heterocycles. The lowest BCUT2D eigenvalue weighted by Crippen LogP contribution is -2.06. The Kier molecular flexibility index (Phi) is 2.47. The fraction of sp³-hybridized carbons (Fsp3) is 0.364. The predicted octanol–water partition coefficient (Wildman–Crippen LogP) is 1.48. The molecule has 0 aromatic heterocycles. The van der Waals surface area contributed by atoms with Crippen molar-refractivity contribution in [2.24, 2.45) is 5.92 Å².